The maximum absolute atomic E-state index is 13.5. The minimum absolute atomic E-state index is 0.205. The smallest absolute Gasteiger partial charge is 0.249 e. The number of anilines is 1. The van der Waals surface area contributed by atoms with E-state index in [-0.39, 0.29) is 11.7 Å². The number of aromatic nitrogens is 2. The Bertz CT molecular complexity index is 559. The summed E-state index contributed by atoms with van der Waals surface area (Å²) in [6.45, 7) is 1.73. The molecule has 0 saturated heterocycles. The number of aromatic amines is 1. The Balaban J connectivity index is 2.42. The van der Waals surface area contributed by atoms with Gasteiger partial charge in [-0.15, -0.1) is 0 Å². The Morgan fingerprint density at radius 3 is 3.12 bits per heavy atom. The Morgan fingerprint density at radius 2 is 2.38 bits per heavy atom. The second-order valence-electron chi connectivity index (χ2n) is 3.22. The SMILES string of the molecule is C/C=C/C(=O)Nc1n[nH]c2cccc(F)c12. The van der Waals surface area contributed by atoms with Crippen molar-refractivity contribution in [2.75, 3.05) is 5.32 Å². The van der Waals surface area contributed by atoms with Gasteiger partial charge >= 0.3 is 0 Å². The van der Waals surface area contributed by atoms with Gasteiger partial charge in [-0.2, -0.15) is 5.10 Å². The molecule has 1 aromatic carbocycles. The maximum atomic E-state index is 13.5. The molecule has 1 heterocycles. The molecule has 1 aromatic heterocycles. The highest BCUT2D eigenvalue weighted by Crippen LogP contribution is 2.23. The van der Waals surface area contributed by atoms with Crippen LogP contribution in [0.15, 0.2) is 30.4 Å². The number of hydrogen-bond donors (Lipinski definition) is 2. The molecule has 4 nitrogen and oxygen atoms in total. The highest BCUT2D eigenvalue weighted by Gasteiger charge is 2.11. The quantitative estimate of drug-likeness (QED) is 0.761. The summed E-state index contributed by atoms with van der Waals surface area (Å²) in [6, 6.07) is 4.59. The van der Waals surface area contributed by atoms with Crippen molar-refractivity contribution < 1.29 is 9.18 Å². The fourth-order valence-electron chi connectivity index (χ4n) is 1.43. The third-order valence-corrected chi connectivity index (χ3v) is 2.10. The standard InChI is InChI=1S/C11H10FN3O/c1-2-4-9(16)13-11-10-7(12)5-3-6-8(10)14-15-11/h2-6H,1H3,(H2,13,14,15,16)/b4-2+. The summed E-state index contributed by atoms with van der Waals surface area (Å²) in [7, 11) is 0. The van der Waals surface area contributed by atoms with E-state index in [9.17, 15) is 9.18 Å². The highest BCUT2D eigenvalue weighted by molar-refractivity contribution is 6.04. The lowest BCUT2D eigenvalue weighted by Crippen LogP contribution is -2.08. The van der Waals surface area contributed by atoms with Gasteiger partial charge in [0.05, 0.1) is 10.9 Å². The molecule has 0 atom stereocenters. The van der Waals surface area contributed by atoms with Gasteiger partial charge in [-0.25, -0.2) is 4.39 Å². The van der Waals surface area contributed by atoms with Gasteiger partial charge in [0.25, 0.3) is 0 Å². The van der Waals surface area contributed by atoms with Gasteiger partial charge in [0.1, 0.15) is 5.82 Å². The lowest BCUT2D eigenvalue weighted by molar-refractivity contribution is -0.111. The predicted molar refractivity (Wildman–Crippen MR) is 59.5 cm³/mol. The van der Waals surface area contributed by atoms with Crippen molar-refractivity contribution in [1.82, 2.24) is 10.2 Å². The van der Waals surface area contributed by atoms with Gasteiger partial charge in [-0.05, 0) is 25.1 Å². The van der Waals surface area contributed by atoms with Gasteiger partial charge in [0, 0.05) is 0 Å². The van der Waals surface area contributed by atoms with Crippen LogP contribution in [0.1, 0.15) is 6.92 Å². The maximum Gasteiger partial charge on any atom is 0.249 e. The molecule has 0 aliphatic carbocycles. The van der Waals surface area contributed by atoms with Crippen LogP contribution in [0.3, 0.4) is 0 Å². The first kappa shape index (κ1) is 10.4. The van der Waals surface area contributed by atoms with E-state index in [4.69, 9.17) is 0 Å². The summed E-state index contributed by atoms with van der Waals surface area (Å²) >= 11 is 0. The van der Waals surface area contributed by atoms with Crippen molar-refractivity contribution in [1.29, 1.82) is 0 Å². The van der Waals surface area contributed by atoms with Crippen LogP contribution < -0.4 is 5.32 Å². The average Bonchev–Trinajstić information content (AvgIpc) is 2.63. The lowest BCUT2D eigenvalue weighted by atomic mass is 10.2. The van der Waals surface area contributed by atoms with E-state index in [0.717, 1.165) is 0 Å². The summed E-state index contributed by atoms with van der Waals surface area (Å²) in [6.07, 6.45) is 2.95. The summed E-state index contributed by atoms with van der Waals surface area (Å²) in [5, 5.41) is 9.29. The molecule has 0 aliphatic heterocycles. The number of fused-ring (bicyclic) bond motifs is 1. The molecule has 1 amide bonds. The number of hydrogen-bond acceptors (Lipinski definition) is 2. The van der Waals surface area contributed by atoms with E-state index in [2.05, 4.69) is 15.5 Å². The number of benzene rings is 1. The number of carbonyl (C=O) groups is 1. The van der Waals surface area contributed by atoms with Gasteiger partial charge in [0.15, 0.2) is 5.82 Å². The first-order valence-corrected chi connectivity index (χ1v) is 4.78. The zero-order valence-electron chi connectivity index (χ0n) is 8.62. The van der Waals surface area contributed by atoms with Crippen LogP contribution in [0.4, 0.5) is 10.2 Å². The average molecular weight is 219 g/mol. The molecule has 5 heteroatoms. The van der Waals surface area contributed by atoms with Crippen molar-refractivity contribution in [3.05, 3.63) is 36.2 Å². The van der Waals surface area contributed by atoms with E-state index in [1.165, 1.54) is 12.1 Å². The molecule has 0 spiro atoms. The van der Waals surface area contributed by atoms with Crippen LogP contribution in [0.25, 0.3) is 10.9 Å². The molecular weight excluding hydrogens is 209 g/mol. The van der Waals surface area contributed by atoms with Crippen LogP contribution in [-0.4, -0.2) is 16.1 Å². The number of amides is 1. The Hall–Kier alpha value is -2.17. The van der Waals surface area contributed by atoms with E-state index in [1.807, 2.05) is 0 Å². The Morgan fingerprint density at radius 1 is 1.56 bits per heavy atom. The van der Waals surface area contributed by atoms with Gasteiger partial charge in [-0.3, -0.25) is 9.89 Å². The van der Waals surface area contributed by atoms with E-state index >= 15 is 0 Å². The largest absolute Gasteiger partial charge is 0.305 e. The molecule has 82 valence electrons. The molecule has 2 rings (SSSR count). The third kappa shape index (κ3) is 1.79. The van der Waals surface area contributed by atoms with Crippen LogP contribution >= 0.6 is 0 Å². The van der Waals surface area contributed by atoms with Crippen molar-refractivity contribution in [2.45, 2.75) is 6.92 Å². The van der Waals surface area contributed by atoms with Gasteiger partial charge < -0.3 is 5.32 Å². The van der Waals surface area contributed by atoms with E-state index < -0.39 is 5.82 Å². The minimum Gasteiger partial charge on any atom is -0.305 e. The summed E-state index contributed by atoms with van der Waals surface area (Å²) < 4.78 is 13.5. The van der Waals surface area contributed by atoms with Crippen LogP contribution in [0, 0.1) is 5.82 Å². The first-order valence-electron chi connectivity index (χ1n) is 4.78. The monoisotopic (exact) mass is 219 g/mol. The predicted octanol–water partition coefficient (Wildman–Crippen LogP) is 2.22. The van der Waals surface area contributed by atoms with Gasteiger partial charge in [-0.1, -0.05) is 12.1 Å². The minimum atomic E-state index is -0.415. The highest BCUT2D eigenvalue weighted by atomic mass is 19.1. The number of H-pyrrole nitrogens is 1. The Labute approximate surface area is 91.2 Å². The molecular formula is C11H10FN3O. The van der Waals surface area contributed by atoms with Crippen molar-refractivity contribution in [2.24, 2.45) is 0 Å². The topological polar surface area (TPSA) is 57.8 Å². The van der Waals surface area contributed by atoms with Gasteiger partial charge in [0.2, 0.25) is 5.91 Å². The lowest BCUT2D eigenvalue weighted by Gasteiger charge is -1.98. The number of nitrogens with zero attached hydrogens (tertiary/aromatic N) is 1. The normalized spacial score (nSPS) is 11.1. The first-order chi connectivity index (χ1) is 7.72. The summed E-state index contributed by atoms with van der Waals surface area (Å²) in [5.74, 6) is -0.544. The molecule has 0 radical (unpaired) electrons. The second kappa shape index (κ2) is 4.14. The molecule has 0 fully saturated rings. The molecule has 0 unspecified atom stereocenters. The summed E-state index contributed by atoms with van der Waals surface area (Å²) in [5.41, 5.74) is 0.552. The third-order valence-electron chi connectivity index (χ3n) is 2.10. The number of allylic oxidation sites excluding steroid dienone is 1. The molecule has 16 heavy (non-hydrogen) atoms. The zero-order valence-corrected chi connectivity index (χ0v) is 8.62. The number of carbonyl (C=O) groups excluding carboxylic acids is 1. The van der Waals surface area contributed by atoms with Crippen LogP contribution in [0.2, 0.25) is 0 Å². The fraction of sp³-hybridized carbons (Fsp3) is 0.0909. The summed E-state index contributed by atoms with van der Waals surface area (Å²) in [4.78, 5) is 11.3. The molecule has 0 saturated carbocycles. The Kier molecular flexibility index (Phi) is 2.68. The number of rotatable bonds is 2. The molecule has 2 N–H and O–H groups in total. The molecule has 2 aromatic rings. The van der Waals surface area contributed by atoms with Crippen LogP contribution in [0.5, 0.6) is 0 Å². The van der Waals surface area contributed by atoms with Crippen LogP contribution in [-0.2, 0) is 4.79 Å². The second-order valence-corrected chi connectivity index (χ2v) is 3.22. The van der Waals surface area contributed by atoms with Crippen molar-refractivity contribution in [3.8, 4) is 0 Å². The zero-order chi connectivity index (χ0) is 11.5. The van der Waals surface area contributed by atoms with Crippen molar-refractivity contribution in [3.63, 3.8) is 0 Å². The fourth-order valence-corrected chi connectivity index (χ4v) is 1.43. The van der Waals surface area contributed by atoms with E-state index in [1.54, 1.807) is 25.1 Å². The number of nitrogens with one attached hydrogen (secondary N) is 2. The molecule has 0 bridgehead atoms. The van der Waals surface area contributed by atoms with E-state index in [0.29, 0.717) is 10.9 Å². The number of halogens is 1. The van der Waals surface area contributed by atoms with Crippen molar-refractivity contribution >= 4 is 22.6 Å². The molecule has 0 aliphatic rings.